The van der Waals surface area contributed by atoms with Crippen LogP contribution in [-0.2, 0) is 31.5 Å². The summed E-state index contributed by atoms with van der Waals surface area (Å²) in [6, 6.07) is 10.1. The van der Waals surface area contributed by atoms with Crippen molar-refractivity contribution >= 4 is 16.7 Å². The molecule has 0 atom stereocenters. The fraction of sp³-hybridized carbons (Fsp3) is 0.323. The van der Waals surface area contributed by atoms with Gasteiger partial charge in [-0.2, -0.15) is 20.0 Å². The quantitative estimate of drug-likeness (QED) is 0.313. The van der Waals surface area contributed by atoms with E-state index in [9.17, 15) is 14.7 Å². The smallest absolute Gasteiger partial charge is 0.282 e. The van der Waals surface area contributed by atoms with Crippen LogP contribution in [0.3, 0.4) is 0 Å². The lowest BCUT2D eigenvalue weighted by Gasteiger charge is -2.22. The van der Waals surface area contributed by atoms with E-state index in [1.165, 1.54) is 23.1 Å². The summed E-state index contributed by atoms with van der Waals surface area (Å²) in [7, 11) is 2.05. The zero-order valence-corrected chi connectivity index (χ0v) is 24.5. The first-order chi connectivity index (χ1) is 20.4. The fourth-order valence-corrected chi connectivity index (χ4v) is 5.56. The lowest BCUT2D eigenvalue weighted by atomic mass is 9.86. The van der Waals surface area contributed by atoms with Crippen LogP contribution in [0.2, 0.25) is 0 Å². The number of nitrogens with zero attached hydrogens (tertiary/aromatic N) is 7. The van der Waals surface area contributed by atoms with E-state index >= 15 is 4.39 Å². The van der Waals surface area contributed by atoms with Crippen molar-refractivity contribution in [3.8, 4) is 11.4 Å². The molecule has 0 spiro atoms. The van der Waals surface area contributed by atoms with Crippen molar-refractivity contribution in [1.82, 2.24) is 34.2 Å². The molecule has 2 aromatic carbocycles. The molecule has 0 aliphatic carbocycles. The number of aromatic nitrogens is 6. The Balaban J connectivity index is 1.42. The molecule has 0 bridgehead atoms. The predicted molar refractivity (Wildman–Crippen MR) is 159 cm³/mol. The van der Waals surface area contributed by atoms with Crippen LogP contribution in [0.25, 0.3) is 22.1 Å². The molecule has 3 aromatic heterocycles. The number of nitrogens with two attached hydrogens (primary N) is 1. The first-order valence-electron chi connectivity index (χ1n) is 14.0. The SMILES string of the molecule is CN1CCn2nc(Cc3nn(-c4cccc(-n5ncc6cc(C(C)(C)C)cc(F)c6c5=O)c4CO)cc3C(N)=O)cc2C1. The normalized spacial score (nSPS) is 13.9. The maximum Gasteiger partial charge on any atom is 0.282 e. The zero-order valence-electron chi connectivity index (χ0n) is 24.5. The summed E-state index contributed by atoms with van der Waals surface area (Å²) in [5.41, 5.74) is 8.98. The average Bonchev–Trinajstić information content (AvgIpc) is 3.55. The van der Waals surface area contributed by atoms with Gasteiger partial charge in [0.2, 0.25) is 0 Å². The molecule has 1 amide bonds. The number of halogens is 1. The Morgan fingerprint density at radius 2 is 1.88 bits per heavy atom. The highest BCUT2D eigenvalue weighted by Gasteiger charge is 2.23. The fourth-order valence-electron chi connectivity index (χ4n) is 5.56. The molecule has 6 rings (SSSR count). The molecule has 4 heterocycles. The van der Waals surface area contributed by atoms with E-state index in [1.54, 1.807) is 24.3 Å². The van der Waals surface area contributed by atoms with Crippen molar-refractivity contribution in [3.63, 3.8) is 0 Å². The van der Waals surface area contributed by atoms with Gasteiger partial charge in [-0.05, 0) is 48.4 Å². The number of likely N-dealkylation sites (N-methyl/N-ethyl adjacent to an activating group) is 1. The average molecular weight is 585 g/mol. The lowest BCUT2D eigenvalue weighted by molar-refractivity contribution is 0.0999. The van der Waals surface area contributed by atoms with Gasteiger partial charge < -0.3 is 10.8 Å². The second-order valence-corrected chi connectivity index (χ2v) is 12.0. The molecule has 1 aliphatic heterocycles. The minimum atomic E-state index is -0.657. The van der Waals surface area contributed by atoms with Crippen LogP contribution >= 0.6 is 0 Å². The zero-order chi connectivity index (χ0) is 30.6. The maximum atomic E-state index is 15.3. The van der Waals surface area contributed by atoms with E-state index in [1.807, 2.05) is 31.5 Å². The first kappa shape index (κ1) is 28.4. The molecule has 0 saturated carbocycles. The van der Waals surface area contributed by atoms with Gasteiger partial charge in [0.05, 0.1) is 58.8 Å². The van der Waals surface area contributed by atoms with E-state index < -0.39 is 23.9 Å². The summed E-state index contributed by atoms with van der Waals surface area (Å²) >= 11 is 0. The number of hydrogen-bond donors (Lipinski definition) is 2. The number of primary amides is 1. The number of aliphatic hydroxyl groups is 1. The minimum Gasteiger partial charge on any atom is -0.392 e. The van der Waals surface area contributed by atoms with Gasteiger partial charge in [-0.3, -0.25) is 19.2 Å². The Hall–Kier alpha value is -4.68. The number of aliphatic hydroxyl groups excluding tert-OH is 1. The highest BCUT2D eigenvalue weighted by atomic mass is 19.1. The van der Waals surface area contributed by atoms with Crippen LogP contribution in [0.5, 0.6) is 0 Å². The van der Waals surface area contributed by atoms with E-state index in [0.717, 1.165) is 41.3 Å². The van der Waals surface area contributed by atoms with E-state index in [2.05, 4.69) is 27.2 Å². The summed E-state index contributed by atoms with van der Waals surface area (Å²) < 4.78 is 19.8. The molecule has 3 N–H and O–H groups in total. The van der Waals surface area contributed by atoms with Gasteiger partial charge in [0.1, 0.15) is 5.82 Å². The molecule has 5 aromatic rings. The molecule has 0 radical (unpaired) electrons. The van der Waals surface area contributed by atoms with Crippen LogP contribution in [0.1, 0.15) is 59.3 Å². The Labute approximate surface area is 247 Å². The van der Waals surface area contributed by atoms with Gasteiger partial charge >= 0.3 is 0 Å². The highest BCUT2D eigenvalue weighted by molar-refractivity contribution is 5.94. The Kier molecular flexibility index (Phi) is 6.98. The number of hydrogen-bond acceptors (Lipinski definition) is 7. The topological polar surface area (TPSA) is 137 Å². The second kappa shape index (κ2) is 10.5. The van der Waals surface area contributed by atoms with Crippen LogP contribution in [0, 0.1) is 5.82 Å². The van der Waals surface area contributed by atoms with Crippen molar-refractivity contribution in [2.75, 3.05) is 13.6 Å². The van der Waals surface area contributed by atoms with Crippen molar-refractivity contribution in [3.05, 3.63) is 98.7 Å². The Bertz CT molecular complexity index is 1950. The van der Waals surface area contributed by atoms with E-state index in [0.29, 0.717) is 22.3 Å². The first-order valence-corrected chi connectivity index (χ1v) is 14.0. The number of benzene rings is 2. The third kappa shape index (κ3) is 5.12. The molecule has 12 heteroatoms. The molecule has 11 nitrogen and oxygen atoms in total. The van der Waals surface area contributed by atoms with Crippen molar-refractivity contribution in [2.45, 2.75) is 52.3 Å². The van der Waals surface area contributed by atoms with E-state index in [-0.39, 0.29) is 28.5 Å². The summed E-state index contributed by atoms with van der Waals surface area (Å²) in [5.74, 6) is -1.29. The molecule has 0 unspecified atom stereocenters. The van der Waals surface area contributed by atoms with Gasteiger partial charge in [-0.25, -0.2) is 9.07 Å². The summed E-state index contributed by atoms with van der Waals surface area (Å²) in [6.07, 6.45) is 3.23. The molecule has 43 heavy (non-hydrogen) atoms. The number of amides is 1. The summed E-state index contributed by atoms with van der Waals surface area (Å²) in [6.45, 7) is 7.87. The van der Waals surface area contributed by atoms with Gasteiger partial charge in [0, 0.05) is 36.7 Å². The van der Waals surface area contributed by atoms with Gasteiger partial charge in [-0.1, -0.05) is 26.8 Å². The molecule has 0 fully saturated rings. The summed E-state index contributed by atoms with van der Waals surface area (Å²) in [5, 5.41) is 24.5. The maximum absolute atomic E-state index is 15.3. The van der Waals surface area contributed by atoms with Crippen LogP contribution in [-0.4, -0.2) is 58.8 Å². The Morgan fingerprint density at radius 3 is 2.60 bits per heavy atom. The molecule has 0 saturated heterocycles. The van der Waals surface area contributed by atoms with Crippen molar-refractivity contribution in [1.29, 1.82) is 0 Å². The molecule has 1 aliphatic rings. The minimum absolute atomic E-state index is 0.0939. The van der Waals surface area contributed by atoms with E-state index in [4.69, 9.17) is 5.73 Å². The third-order valence-corrected chi connectivity index (χ3v) is 7.91. The van der Waals surface area contributed by atoms with Crippen molar-refractivity contribution < 1.29 is 14.3 Å². The molecular formula is C31H33FN8O3. The number of carbonyl (C=O) groups is 1. The Morgan fingerprint density at radius 1 is 1.12 bits per heavy atom. The van der Waals surface area contributed by atoms with Crippen LogP contribution in [0.15, 0.2) is 53.6 Å². The largest absolute Gasteiger partial charge is 0.392 e. The van der Waals surface area contributed by atoms with Crippen LogP contribution < -0.4 is 11.3 Å². The second-order valence-electron chi connectivity index (χ2n) is 12.0. The molecule has 222 valence electrons. The number of rotatable bonds is 6. The van der Waals surface area contributed by atoms with Crippen LogP contribution in [0.4, 0.5) is 4.39 Å². The van der Waals surface area contributed by atoms with Gasteiger partial charge in [0.15, 0.2) is 0 Å². The number of carbonyl (C=O) groups excluding carboxylic acids is 1. The van der Waals surface area contributed by atoms with Gasteiger partial charge in [0.25, 0.3) is 11.5 Å². The molecular weight excluding hydrogens is 551 g/mol. The highest BCUT2D eigenvalue weighted by Crippen LogP contribution is 2.28. The number of fused-ring (bicyclic) bond motifs is 2. The predicted octanol–water partition coefficient (Wildman–Crippen LogP) is 2.83. The lowest BCUT2D eigenvalue weighted by Crippen LogP contribution is -2.30. The standard InChI is InChI=1S/C31H33FN8O3/c1-31(2,3)19-10-18-14-34-40(30(43)28(18)24(32)11-19)27-7-5-6-26(23(27)17-41)39-16-22(29(33)42)25(36-39)13-20-12-21-15-37(4)8-9-38(21)35-20/h5-7,10-12,14,16,41H,8-9,13,15,17H2,1-4H3,(H2,33,42). The monoisotopic (exact) mass is 584 g/mol. The third-order valence-electron chi connectivity index (χ3n) is 7.91. The summed E-state index contributed by atoms with van der Waals surface area (Å²) in [4.78, 5) is 28.2. The van der Waals surface area contributed by atoms with Gasteiger partial charge in [-0.15, -0.1) is 0 Å². The van der Waals surface area contributed by atoms with Crippen molar-refractivity contribution in [2.24, 2.45) is 5.73 Å².